The Hall–Kier alpha value is -1.68. The van der Waals surface area contributed by atoms with E-state index in [0.717, 1.165) is 31.0 Å². The van der Waals surface area contributed by atoms with Crippen LogP contribution in [0.15, 0.2) is 30.6 Å². The highest BCUT2D eigenvalue weighted by atomic mass is 15.3. The molecule has 0 saturated carbocycles. The van der Waals surface area contributed by atoms with Crippen molar-refractivity contribution in [3.63, 3.8) is 0 Å². The van der Waals surface area contributed by atoms with E-state index in [1.807, 2.05) is 25.3 Å². The van der Waals surface area contributed by atoms with Crippen LogP contribution in [0.25, 0.3) is 5.82 Å². The molecule has 2 aromatic rings. The second kappa shape index (κ2) is 5.59. The molecule has 4 heteroatoms. The first kappa shape index (κ1) is 11.8. The van der Waals surface area contributed by atoms with Crippen molar-refractivity contribution in [2.24, 2.45) is 0 Å². The molecule has 0 radical (unpaired) electrons. The van der Waals surface area contributed by atoms with Crippen molar-refractivity contribution in [3.8, 4) is 5.82 Å². The number of nitrogens with zero attached hydrogens (tertiary/aromatic N) is 3. The summed E-state index contributed by atoms with van der Waals surface area (Å²) in [5.41, 5.74) is 2.30. The zero-order chi connectivity index (χ0) is 12.1. The average Bonchev–Trinajstić information content (AvgIpc) is 2.85. The predicted octanol–water partition coefficient (Wildman–Crippen LogP) is 2.08. The summed E-state index contributed by atoms with van der Waals surface area (Å²) in [6.07, 6.45) is 4.81. The third-order valence-electron chi connectivity index (χ3n) is 2.66. The molecule has 2 rings (SSSR count). The molecule has 0 aromatic carbocycles. The van der Waals surface area contributed by atoms with Crippen molar-refractivity contribution < 1.29 is 0 Å². The van der Waals surface area contributed by atoms with E-state index in [0.29, 0.717) is 0 Å². The highest BCUT2D eigenvalue weighted by Gasteiger charge is 2.03. The maximum Gasteiger partial charge on any atom is 0.153 e. The number of aryl methyl sites for hydroxylation is 1. The predicted molar refractivity (Wildman–Crippen MR) is 68.1 cm³/mol. The third-order valence-corrected chi connectivity index (χ3v) is 2.66. The van der Waals surface area contributed by atoms with Crippen molar-refractivity contribution in [1.29, 1.82) is 0 Å². The lowest BCUT2D eigenvalue weighted by Gasteiger charge is -2.08. The van der Waals surface area contributed by atoms with Gasteiger partial charge in [0.2, 0.25) is 0 Å². The van der Waals surface area contributed by atoms with Gasteiger partial charge >= 0.3 is 0 Å². The quantitative estimate of drug-likeness (QED) is 0.800. The van der Waals surface area contributed by atoms with E-state index in [1.54, 1.807) is 10.9 Å². The van der Waals surface area contributed by atoms with Crippen molar-refractivity contribution in [3.05, 3.63) is 41.9 Å². The fraction of sp³-hybridized carbons (Fsp3) is 0.385. The van der Waals surface area contributed by atoms with Crippen LogP contribution in [0.3, 0.4) is 0 Å². The van der Waals surface area contributed by atoms with E-state index in [1.165, 1.54) is 5.56 Å². The Morgan fingerprint density at radius 2 is 2.24 bits per heavy atom. The molecule has 2 heterocycles. The van der Waals surface area contributed by atoms with E-state index in [4.69, 9.17) is 0 Å². The number of rotatable bonds is 5. The van der Waals surface area contributed by atoms with Gasteiger partial charge in [0.1, 0.15) is 0 Å². The Labute approximate surface area is 102 Å². The smallest absolute Gasteiger partial charge is 0.153 e. The molecule has 0 atom stereocenters. The van der Waals surface area contributed by atoms with Gasteiger partial charge in [-0.05, 0) is 37.6 Å². The minimum Gasteiger partial charge on any atom is -0.313 e. The number of hydrogen-bond donors (Lipinski definition) is 1. The summed E-state index contributed by atoms with van der Waals surface area (Å²) >= 11 is 0. The van der Waals surface area contributed by atoms with Crippen molar-refractivity contribution >= 4 is 0 Å². The summed E-state index contributed by atoms with van der Waals surface area (Å²) in [6.45, 7) is 6.13. The Balaban J connectivity index is 2.12. The topological polar surface area (TPSA) is 42.7 Å². The van der Waals surface area contributed by atoms with Crippen LogP contribution in [-0.4, -0.2) is 21.3 Å². The molecule has 0 aliphatic rings. The summed E-state index contributed by atoms with van der Waals surface area (Å²) in [4.78, 5) is 4.55. The van der Waals surface area contributed by atoms with Crippen LogP contribution in [0.2, 0.25) is 0 Å². The Kier molecular flexibility index (Phi) is 3.88. The molecule has 0 saturated heterocycles. The van der Waals surface area contributed by atoms with Gasteiger partial charge in [-0.2, -0.15) is 5.10 Å². The van der Waals surface area contributed by atoms with Crippen LogP contribution >= 0.6 is 0 Å². The van der Waals surface area contributed by atoms with Gasteiger partial charge in [0, 0.05) is 24.6 Å². The van der Waals surface area contributed by atoms with Gasteiger partial charge in [-0.1, -0.05) is 13.0 Å². The van der Waals surface area contributed by atoms with Crippen molar-refractivity contribution in [1.82, 2.24) is 20.1 Å². The summed E-state index contributed by atoms with van der Waals surface area (Å²) in [5, 5.41) is 7.56. The van der Waals surface area contributed by atoms with Crippen LogP contribution in [0.5, 0.6) is 0 Å². The van der Waals surface area contributed by atoms with Gasteiger partial charge in [0.15, 0.2) is 5.82 Å². The van der Waals surface area contributed by atoms with Crippen LogP contribution in [0.1, 0.15) is 24.6 Å². The molecule has 4 nitrogen and oxygen atoms in total. The van der Waals surface area contributed by atoms with E-state index >= 15 is 0 Å². The molecule has 0 unspecified atom stereocenters. The van der Waals surface area contributed by atoms with Gasteiger partial charge in [0.25, 0.3) is 0 Å². The fourth-order valence-corrected chi connectivity index (χ4v) is 1.70. The number of pyridine rings is 1. The minimum atomic E-state index is 0.867. The zero-order valence-electron chi connectivity index (χ0n) is 10.3. The third kappa shape index (κ3) is 2.91. The molecular weight excluding hydrogens is 212 g/mol. The number of hydrogen-bond acceptors (Lipinski definition) is 3. The lowest BCUT2D eigenvalue weighted by Crippen LogP contribution is -2.15. The molecule has 1 N–H and O–H groups in total. The minimum absolute atomic E-state index is 0.867. The van der Waals surface area contributed by atoms with E-state index in [2.05, 4.69) is 28.4 Å². The maximum atomic E-state index is 4.55. The number of aromatic nitrogens is 3. The molecule has 0 amide bonds. The highest BCUT2D eigenvalue weighted by molar-refractivity contribution is 5.29. The molecule has 0 spiro atoms. The van der Waals surface area contributed by atoms with Crippen molar-refractivity contribution in [2.75, 3.05) is 6.54 Å². The van der Waals surface area contributed by atoms with Gasteiger partial charge < -0.3 is 5.32 Å². The van der Waals surface area contributed by atoms with Gasteiger partial charge in [-0.25, -0.2) is 9.67 Å². The van der Waals surface area contributed by atoms with Crippen LogP contribution in [-0.2, 0) is 6.54 Å². The number of nitrogens with one attached hydrogen (secondary N) is 1. The molecule has 0 bridgehead atoms. The van der Waals surface area contributed by atoms with Gasteiger partial charge in [0.05, 0.1) is 0 Å². The average molecular weight is 230 g/mol. The highest BCUT2D eigenvalue weighted by Crippen LogP contribution is 2.09. The zero-order valence-corrected chi connectivity index (χ0v) is 10.3. The standard InChI is InChI=1S/C13H18N4/c1-3-7-14-10-12-5-6-13(16-11(12)2)17-9-4-8-15-17/h4-6,8-9,14H,3,7,10H2,1-2H3. The molecule has 0 aliphatic carbocycles. The molecule has 0 aliphatic heterocycles. The lowest BCUT2D eigenvalue weighted by atomic mass is 10.2. The maximum absolute atomic E-state index is 4.55. The summed E-state index contributed by atoms with van der Waals surface area (Å²) < 4.78 is 1.77. The normalized spacial score (nSPS) is 10.7. The Bertz CT molecular complexity index is 462. The Morgan fingerprint density at radius 1 is 1.35 bits per heavy atom. The first-order valence-corrected chi connectivity index (χ1v) is 5.98. The van der Waals surface area contributed by atoms with Gasteiger partial charge in [-0.3, -0.25) is 0 Å². The molecular formula is C13H18N4. The first-order valence-electron chi connectivity index (χ1n) is 5.98. The van der Waals surface area contributed by atoms with Crippen LogP contribution < -0.4 is 5.32 Å². The van der Waals surface area contributed by atoms with Crippen LogP contribution in [0.4, 0.5) is 0 Å². The molecule has 2 aromatic heterocycles. The second-order valence-electron chi connectivity index (χ2n) is 4.04. The molecule has 0 fully saturated rings. The summed E-state index contributed by atoms with van der Waals surface area (Å²) in [5.74, 6) is 0.867. The van der Waals surface area contributed by atoms with E-state index < -0.39 is 0 Å². The first-order chi connectivity index (χ1) is 8.31. The molecule has 90 valence electrons. The SMILES string of the molecule is CCCNCc1ccc(-n2cccn2)nc1C. The van der Waals surface area contributed by atoms with Crippen molar-refractivity contribution in [2.45, 2.75) is 26.8 Å². The Morgan fingerprint density at radius 3 is 2.88 bits per heavy atom. The van der Waals surface area contributed by atoms with Gasteiger partial charge in [-0.15, -0.1) is 0 Å². The summed E-state index contributed by atoms with van der Waals surface area (Å²) in [6, 6.07) is 6.01. The van der Waals surface area contributed by atoms with E-state index in [-0.39, 0.29) is 0 Å². The molecule has 17 heavy (non-hydrogen) atoms. The lowest BCUT2D eigenvalue weighted by molar-refractivity contribution is 0.670. The van der Waals surface area contributed by atoms with E-state index in [9.17, 15) is 0 Å². The summed E-state index contributed by atoms with van der Waals surface area (Å²) in [7, 11) is 0. The largest absolute Gasteiger partial charge is 0.313 e. The monoisotopic (exact) mass is 230 g/mol. The fourth-order valence-electron chi connectivity index (χ4n) is 1.70. The second-order valence-corrected chi connectivity index (χ2v) is 4.04. The van der Waals surface area contributed by atoms with Crippen LogP contribution in [0, 0.1) is 6.92 Å².